The Hall–Kier alpha value is -0.400. The monoisotopic (exact) mass is 364 g/mol. The Labute approximate surface area is 126 Å². The summed E-state index contributed by atoms with van der Waals surface area (Å²) in [5.74, 6) is 0. The third-order valence-electron chi connectivity index (χ3n) is 2.83. The summed E-state index contributed by atoms with van der Waals surface area (Å²) in [6.45, 7) is 1.99. The molecule has 0 spiro atoms. The fraction of sp³-hybridized carbons (Fsp3) is 0.333. The van der Waals surface area contributed by atoms with Crippen molar-refractivity contribution in [2.45, 2.75) is 11.3 Å². The van der Waals surface area contributed by atoms with Crippen LogP contribution in [0.1, 0.15) is 6.42 Å². The Balaban J connectivity index is 2.13. The summed E-state index contributed by atoms with van der Waals surface area (Å²) in [6, 6.07) is 4.77. The van der Waals surface area contributed by atoms with Crippen LogP contribution < -0.4 is 10.0 Å². The van der Waals surface area contributed by atoms with Gasteiger partial charge in [-0.05, 0) is 31.2 Å². The average molecular weight is 366 g/mol. The van der Waals surface area contributed by atoms with E-state index in [4.69, 9.17) is 11.6 Å². The molecule has 0 saturated carbocycles. The van der Waals surface area contributed by atoms with Crippen molar-refractivity contribution in [3.63, 3.8) is 0 Å². The molecule has 1 aliphatic rings. The molecule has 1 heterocycles. The number of benzene rings is 1. The van der Waals surface area contributed by atoms with Crippen molar-refractivity contribution < 1.29 is 8.42 Å². The van der Waals surface area contributed by atoms with Gasteiger partial charge in [0.2, 0.25) is 10.0 Å². The highest BCUT2D eigenvalue weighted by molar-refractivity contribution is 9.10. The summed E-state index contributed by atoms with van der Waals surface area (Å²) in [7, 11) is -3.59. The van der Waals surface area contributed by atoms with Gasteiger partial charge in [0.25, 0.3) is 0 Å². The zero-order valence-corrected chi connectivity index (χ0v) is 13.3. The molecule has 1 aliphatic heterocycles. The molecule has 2 N–H and O–H groups in total. The van der Waals surface area contributed by atoms with Crippen LogP contribution in [0.25, 0.3) is 0 Å². The van der Waals surface area contributed by atoms with Crippen molar-refractivity contribution in [3.05, 3.63) is 39.3 Å². The van der Waals surface area contributed by atoms with Gasteiger partial charge in [-0.25, -0.2) is 13.1 Å². The van der Waals surface area contributed by atoms with Gasteiger partial charge in [0.05, 0.1) is 5.02 Å². The van der Waals surface area contributed by atoms with E-state index >= 15 is 0 Å². The molecule has 19 heavy (non-hydrogen) atoms. The number of nitrogens with one attached hydrogen (secondary N) is 2. The molecule has 0 saturated heterocycles. The molecule has 1 aromatic rings. The molecule has 0 atom stereocenters. The minimum atomic E-state index is -3.59. The fourth-order valence-electron chi connectivity index (χ4n) is 1.78. The maximum Gasteiger partial charge on any atom is 0.242 e. The number of sulfonamides is 1. The van der Waals surface area contributed by atoms with Crippen LogP contribution in [0.15, 0.2) is 39.2 Å². The van der Waals surface area contributed by atoms with Crippen LogP contribution in [0.2, 0.25) is 5.02 Å². The van der Waals surface area contributed by atoms with Gasteiger partial charge in [-0.15, -0.1) is 0 Å². The molecule has 0 aliphatic carbocycles. The number of hydrogen-bond acceptors (Lipinski definition) is 3. The lowest BCUT2D eigenvalue weighted by Crippen LogP contribution is -2.29. The van der Waals surface area contributed by atoms with E-state index in [9.17, 15) is 8.42 Å². The summed E-state index contributed by atoms with van der Waals surface area (Å²) in [5, 5.41) is 3.40. The van der Waals surface area contributed by atoms with Crippen molar-refractivity contribution in [2.75, 3.05) is 19.6 Å². The molecular formula is C12H14BrClN2O2S. The zero-order chi connectivity index (χ0) is 13.9. The minimum absolute atomic E-state index is 0.0954. The number of hydrogen-bond donors (Lipinski definition) is 2. The number of halogens is 2. The van der Waals surface area contributed by atoms with Crippen LogP contribution >= 0.6 is 27.5 Å². The van der Waals surface area contributed by atoms with Gasteiger partial charge in [0, 0.05) is 17.6 Å². The molecule has 0 fully saturated rings. The van der Waals surface area contributed by atoms with E-state index in [2.05, 4.69) is 26.0 Å². The fourth-order valence-corrected chi connectivity index (χ4v) is 3.85. The molecule has 0 bridgehead atoms. The first-order valence-corrected chi connectivity index (χ1v) is 8.48. The normalized spacial score (nSPS) is 16.2. The van der Waals surface area contributed by atoms with E-state index in [1.54, 1.807) is 12.1 Å². The van der Waals surface area contributed by atoms with Crippen molar-refractivity contribution in [1.82, 2.24) is 10.0 Å². The molecule has 0 unspecified atom stereocenters. The summed E-state index contributed by atoms with van der Waals surface area (Å²) >= 11 is 9.18. The van der Waals surface area contributed by atoms with E-state index in [1.165, 1.54) is 6.07 Å². The van der Waals surface area contributed by atoms with E-state index in [0.29, 0.717) is 11.0 Å². The Morgan fingerprint density at radius 2 is 2.21 bits per heavy atom. The van der Waals surface area contributed by atoms with Crippen molar-refractivity contribution >= 4 is 37.6 Å². The van der Waals surface area contributed by atoms with Gasteiger partial charge in [0.15, 0.2) is 0 Å². The second-order valence-corrected chi connectivity index (χ2v) is 7.27. The molecule has 4 nitrogen and oxygen atoms in total. The topological polar surface area (TPSA) is 58.2 Å². The van der Waals surface area contributed by atoms with Gasteiger partial charge >= 0.3 is 0 Å². The van der Waals surface area contributed by atoms with Crippen LogP contribution in [-0.2, 0) is 10.0 Å². The van der Waals surface area contributed by atoms with Crippen molar-refractivity contribution in [3.8, 4) is 0 Å². The molecule has 2 rings (SSSR count). The highest BCUT2D eigenvalue weighted by atomic mass is 79.9. The maximum atomic E-state index is 12.2. The highest BCUT2D eigenvalue weighted by Gasteiger charge is 2.18. The predicted molar refractivity (Wildman–Crippen MR) is 79.9 cm³/mol. The summed E-state index contributed by atoms with van der Waals surface area (Å²) in [4.78, 5) is 0.0954. The largest absolute Gasteiger partial charge is 0.313 e. The van der Waals surface area contributed by atoms with Crippen LogP contribution in [0.5, 0.6) is 0 Å². The van der Waals surface area contributed by atoms with Gasteiger partial charge in [-0.1, -0.05) is 39.2 Å². The molecular weight excluding hydrogens is 352 g/mol. The van der Waals surface area contributed by atoms with Crippen LogP contribution in [-0.4, -0.2) is 28.1 Å². The first kappa shape index (κ1) is 15.0. The van der Waals surface area contributed by atoms with E-state index in [-0.39, 0.29) is 9.92 Å². The lowest BCUT2D eigenvalue weighted by atomic mass is 10.1. The molecule has 0 amide bonds. The third kappa shape index (κ3) is 4.03. The van der Waals surface area contributed by atoms with E-state index in [1.807, 2.05) is 6.08 Å². The zero-order valence-electron chi connectivity index (χ0n) is 10.1. The standard InChI is InChI=1S/C12H14BrClN2O2S/c13-10-1-2-11(14)12(7-10)19(17,18)16-8-9-3-5-15-6-4-9/h1-3,7,15-16H,4-6,8H2. The second-order valence-electron chi connectivity index (χ2n) is 4.22. The number of rotatable bonds is 4. The average Bonchev–Trinajstić information content (AvgIpc) is 2.40. The lowest BCUT2D eigenvalue weighted by Gasteiger charge is -2.15. The van der Waals surface area contributed by atoms with E-state index in [0.717, 1.165) is 25.1 Å². The van der Waals surface area contributed by atoms with Crippen LogP contribution in [0.3, 0.4) is 0 Å². The van der Waals surface area contributed by atoms with Crippen LogP contribution in [0.4, 0.5) is 0 Å². The Bertz CT molecular complexity index is 602. The van der Waals surface area contributed by atoms with Gasteiger partial charge in [0.1, 0.15) is 4.90 Å². The predicted octanol–water partition coefficient (Wildman–Crippen LogP) is 2.30. The summed E-state index contributed by atoms with van der Waals surface area (Å²) < 4.78 is 27.6. The van der Waals surface area contributed by atoms with Crippen molar-refractivity contribution in [1.29, 1.82) is 0 Å². The molecule has 1 aromatic carbocycles. The van der Waals surface area contributed by atoms with Gasteiger partial charge in [-0.3, -0.25) is 0 Å². The summed E-state index contributed by atoms with van der Waals surface area (Å²) in [5.41, 5.74) is 1.09. The lowest BCUT2D eigenvalue weighted by molar-refractivity contribution is 0.582. The summed E-state index contributed by atoms with van der Waals surface area (Å²) in [6.07, 6.45) is 2.86. The third-order valence-corrected chi connectivity index (χ3v) is 5.21. The Morgan fingerprint density at radius 3 is 2.89 bits per heavy atom. The minimum Gasteiger partial charge on any atom is -0.313 e. The SMILES string of the molecule is O=S(=O)(NCC1=CCNCC1)c1cc(Br)ccc1Cl. The van der Waals surface area contributed by atoms with Crippen LogP contribution in [0, 0.1) is 0 Å². The Kier molecular flexibility index (Phi) is 5.03. The Morgan fingerprint density at radius 1 is 1.42 bits per heavy atom. The maximum absolute atomic E-state index is 12.2. The quantitative estimate of drug-likeness (QED) is 0.805. The second kappa shape index (κ2) is 6.37. The van der Waals surface area contributed by atoms with Crippen molar-refractivity contribution in [2.24, 2.45) is 0 Å². The first-order chi connectivity index (χ1) is 8.99. The highest BCUT2D eigenvalue weighted by Crippen LogP contribution is 2.25. The van der Waals surface area contributed by atoms with Gasteiger partial charge < -0.3 is 5.32 Å². The molecule has 7 heteroatoms. The molecule has 0 aromatic heterocycles. The first-order valence-electron chi connectivity index (χ1n) is 5.82. The molecule has 0 radical (unpaired) electrons. The van der Waals surface area contributed by atoms with Gasteiger partial charge in [-0.2, -0.15) is 0 Å². The smallest absolute Gasteiger partial charge is 0.242 e. The van der Waals surface area contributed by atoms with E-state index < -0.39 is 10.0 Å². The molecule has 104 valence electrons.